The van der Waals surface area contributed by atoms with Gasteiger partial charge in [0.25, 0.3) is 5.82 Å². The smallest absolute Gasteiger partial charge is 0.234 e. The number of hydrogen-bond acceptors (Lipinski definition) is 0. The van der Waals surface area contributed by atoms with Crippen LogP contribution in [0.15, 0.2) is 66.9 Å². The Bertz CT molecular complexity index is 788. The Morgan fingerprint density at radius 2 is 1.56 bits per heavy atom. The molecule has 0 bridgehead atoms. The average Bonchev–Trinajstić information content (AvgIpc) is 2.99. The van der Waals surface area contributed by atoms with Crippen molar-refractivity contribution in [1.82, 2.24) is 4.57 Å². The molecule has 130 valence electrons. The first-order valence-corrected chi connectivity index (χ1v) is 9.42. The molecule has 0 aliphatic rings. The van der Waals surface area contributed by atoms with Crippen molar-refractivity contribution in [2.45, 2.75) is 52.6 Å². The van der Waals surface area contributed by atoms with Gasteiger partial charge in [-0.3, -0.25) is 0 Å². The van der Waals surface area contributed by atoms with Gasteiger partial charge in [-0.1, -0.05) is 67.6 Å². The van der Waals surface area contributed by atoms with E-state index in [2.05, 4.69) is 96.8 Å². The summed E-state index contributed by atoms with van der Waals surface area (Å²) in [6, 6.07) is 21.6. The molecule has 2 heteroatoms. The van der Waals surface area contributed by atoms with E-state index >= 15 is 0 Å². The minimum atomic E-state index is 0.524. The number of rotatable bonds is 7. The lowest BCUT2D eigenvalue weighted by atomic mass is 9.96. The fraction of sp³-hybridized carbons (Fsp3) is 0.348. The molecule has 0 saturated heterocycles. The summed E-state index contributed by atoms with van der Waals surface area (Å²) in [6.45, 7) is 8.85. The van der Waals surface area contributed by atoms with E-state index < -0.39 is 0 Å². The van der Waals surface area contributed by atoms with Crippen molar-refractivity contribution in [1.29, 1.82) is 0 Å². The van der Waals surface area contributed by atoms with Crippen LogP contribution in [0.2, 0.25) is 0 Å². The summed E-state index contributed by atoms with van der Waals surface area (Å²) < 4.78 is 4.93. The molecule has 0 amide bonds. The largest absolute Gasteiger partial charge is 0.261 e. The molecule has 1 heterocycles. The van der Waals surface area contributed by atoms with E-state index in [4.69, 9.17) is 0 Å². The number of hydrogen-bond donors (Lipinski definition) is 0. The standard InChI is InChI=1S/C23H29N2/c1-4-24-18-22(16-19(3)21-14-10-7-11-15-21)25(5-2)23(24)17-20-12-8-6-9-13-20/h6-15,18-19H,4-5,16-17H2,1-3H3/q+1. The van der Waals surface area contributed by atoms with Crippen molar-refractivity contribution in [2.75, 3.05) is 0 Å². The third-order valence-electron chi connectivity index (χ3n) is 5.04. The Hall–Kier alpha value is -2.35. The molecule has 0 spiro atoms. The second kappa shape index (κ2) is 8.15. The first-order chi connectivity index (χ1) is 12.2. The first kappa shape index (κ1) is 17.5. The van der Waals surface area contributed by atoms with Gasteiger partial charge in [-0.15, -0.1) is 0 Å². The van der Waals surface area contributed by atoms with Crippen molar-refractivity contribution >= 4 is 0 Å². The second-order valence-corrected chi connectivity index (χ2v) is 6.75. The molecule has 1 atom stereocenters. The van der Waals surface area contributed by atoms with E-state index in [1.807, 2.05) is 0 Å². The van der Waals surface area contributed by atoms with Crippen LogP contribution in [0, 0.1) is 0 Å². The van der Waals surface area contributed by atoms with Crippen molar-refractivity contribution in [3.8, 4) is 0 Å². The maximum atomic E-state index is 2.51. The van der Waals surface area contributed by atoms with Crippen LogP contribution in [-0.4, -0.2) is 4.57 Å². The maximum absolute atomic E-state index is 2.51. The van der Waals surface area contributed by atoms with Crippen LogP contribution < -0.4 is 4.57 Å². The third kappa shape index (κ3) is 4.01. The van der Waals surface area contributed by atoms with Crippen molar-refractivity contribution in [3.63, 3.8) is 0 Å². The Morgan fingerprint density at radius 3 is 2.16 bits per heavy atom. The van der Waals surface area contributed by atoms with Crippen LogP contribution in [0.1, 0.15) is 49.3 Å². The molecule has 3 aromatic rings. The van der Waals surface area contributed by atoms with Gasteiger partial charge < -0.3 is 0 Å². The Labute approximate surface area is 151 Å². The fourth-order valence-corrected chi connectivity index (χ4v) is 3.66. The van der Waals surface area contributed by atoms with Gasteiger partial charge in [-0.05, 0) is 30.9 Å². The molecule has 0 aliphatic heterocycles. The molecule has 1 aromatic heterocycles. The van der Waals surface area contributed by atoms with Crippen molar-refractivity contribution in [2.24, 2.45) is 0 Å². The highest BCUT2D eigenvalue weighted by Gasteiger charge is 2.23. The molecule has 0 N–H and O–H groups in total. The third-order valence-corrected chi connectivity index (χ3v) is 5.04. The lowest BCUT2D eigenvalue weighted by Gasteiger charge is -2.11. The van der Waals surface area contributed by atoms with Gasteiger partial charge in [0, 0.05) is 6.42 Å². The van der Waals surface area contributed by atoms with Gasteiger partial charge in [0.1, 0.15) is 11.9 Å². The van der Waals surface area contributed by atoms with Gasteiger partial charge in [-0.2, -0.15) is 0 Å². The van der Waals surface area contributed by atoms with E-state index in [1.54, 1.807) is 0 Å². The van der Waals surface area contributed by atoms with Gasteiger partial charge in [0.2, 0.25) is 0 Å². The van der Waals surface area contributed by atoms with Crippen LogP contribution in [-0.2, 0) is 25.9 Å². The van der Waals surface area contributed by atoms with Crippen LogP contribution in [0.25, 0.3) is 0 Å². The minimum Gasteiger partial charge on any atom is -0.234 e. The topological polar surface area (TPSA) is 8.81 Å². The molecule has 0 saturated carbocycles. The van der Waals surface area contributed by atoms with E-state index in [0.717, 1.165) is 25.9 Å². The lowest BCUT2D eigenvalue weighted by molar-refractivity contribution is -0.700. The molecule has 1 unspecified atom stereocenters. The molecular formula is C23H29N2+. The number of aromatic nitrogens is 2. The lowest BCUT2D eigenvalue weighted by Crippen LogP contribution is -2.36. The summed E-state index contributed by atoms with van der Waals surface area (Å²) in [5.74, 6) is 1.93. The number of benzene rings is 2. The maximum Gasteiger partial charge on any atom is 0.261 e. The summed E-state index contributed by atoms with van der Waals surface area (Å²) in [6.07, 6.45) is 4.43. The molecular weight excluding hydrogens is 304 g/mol. The molecule has 2 nitrogen and oxygen atoms in total. The zero-order valence-corrected chi connectivity index (χ0v) is 15.7. The summed E-state index contributed by atoms with van der Waals surface area (Å²) in [5, 5.41) is 0. The van der Waals surface area contributed by atoms with E-state index in [1.165, 1.54) is 22.6 Å². The summed E-state index contributed by atoms with van der Waals surface area (Å²) >= 11 is 0. The fourth-order valence-electron chi connectivity index (χ4n) is 3.66. The van der Waals surface area contributed by atoms with E-state index in [0.29, 0.717) is 5.92 Å². The van der Waals surface area contributed by atoms with Crippen LogP contribution in [0.5, 0.6) is 0 Å². The molecule has 25 heavy (non-hydrogen) atoms. The minimum absolute atomic E-state index is 0.524. The van der Waals surface area contributed by atoms with Crippen molar-refractivity contribution in [3.05, 3.63) is 89.5 Å². The Morgan fingerprint density at radius 1 is 0.920 bits per heavy atom. The quantitative estimate of drug-likeness (QED) is 0.552. The van der Waals surface area contributed by atoms with Gasteiger partial charge in [0.15, 0.2) is 0 Å². The van der Waals surface area contributed by atoms with Gasteiger partial charge in [0.05, 0.1) is 19.5 Å². The monoisotopic (exact) mass is 333 g/mol. The summed E-state index contributed by atoms with van der Waals surface area (Å²) in [7, 11) is 0. The predicted octanol–water partition coefficient (Wildman–Crippen LogP) is 4.75. The molecule has 0 aliphatic carbocycles. The molecule has 0 radical (unpaired) electrons. The highest BCUT2D eigenvalue weighted by atomic mass is 15.2. The van der Waals surface area contributed by atoms with Crippen LogP contribution >= 0.6 is 0 Å². The van der Waals surface area contributed by atoms with Gasteiger partial charge in [-0.25, -0.2) is 9.13 Å². The Kier molecular flexibility index (Phi) is 5.70. The predicted molar refractivity (Wildman–Crippen MR) is 104 cm³/mol. The number of aryl methyl sites for hydroxylation is 1. The normalized spacial score (nSPS) is 12.3. The zero-order valence-electron chi connectivity index (χ0n) is 15.7. The van der Waals surface area contributed by atoms with E-state index in [-0.39, 0.29) is 0 Å². The number of imidazole rings is 1. The summed E-state index contributed by atoms with van der Waals surface area (Å²) in [4.78, 5) is 0. The highest BCUT2D eigenvalue weighted by Crippen LogP contribution is 2.21. The van der Waals surface area contributed by atoms with Crippen LogP contribution in [0.3, 0.4) is 0 Å². The van der Waals surface area contributed by atoms with Crippen LogP contribution in [0.4, 0.5) is 0 Å². The van der Waals surface area contributed by atoms with Gasteiger partial charge >= 0.3 is 0 Å². The Balaban J connectivity index is 1.89. The number of nitrogens with zero attached hydrogens (tertiary/aromatic N) is 2. The van der Waals surface area contributed by atoms with Crippen molar-refractivity contribution < 1.29 is 4.57 Å². The first-order valence-electron chi connectivity index (χ1n) is 9.42. The molecule has 3 rings (SSSR count). The highest BCUT2D eigenvalue weighted by molar-refractivity contribution is 5.22. The average molecular weight is 333 g/mol. The van der Waals surface area contributed by atoms with E-state index in [9.17, 15) is 0 Å². The molecule has 2 aromatic carbocycles. The summed E-state index contributed by atoms with van der Waals surface area (Å²) in [5.41, 5.74) is 4.23. The molecule has 0 fully saturated rings. The second-order valence-electron chi connectivity index (χ2n) is 6.75. The zero-order chi connectivity index (χ0) is 17.6. The SMILES string of the molecule is CCn1c(CC(C)c2ccccc2)c[n+](CC)c1Cc1ccccc1.